The molecule has 1 heterocycles. The highest BCUT2D eigenvalue weighted by molar-refractivity contribution is 5.94. The van der Waals surface area contributed by atoms with E-state index in [9.17, 15) is 14.4 Å². The number of amides is 2. The van der Waals surface area contributed by atoms with Crippen molar-refractivity contribution in [3.05, 3.63) is 17.5 Å². The van der Waals surface area contributed by atoms with Gasteiger partial charge < -0.3 is 5.11 Å². The van der Waals surface area contributed by atoms with Gasteiger partial charge in [-0.1, -0.05) is 12.8 Å². The lowest BCUT2D eigenvalue weighted by Crippen LogP contribution is -2.48. The van der Waals surface area contributed by atoms with Crippen LogP contribution in [-0.2, 0) is 9.59 Å². The number of aryl methyl sites for hydroxylation is 1. The Labute approximate surface area is 121 Å². The first-order valence-electron chi connectivity index (χ1n) is 6.84. The van der Waals surface area contributed by atoms with Crippen molar-refractivity contribution >= 4 is 17.8 Å². The lowest BCUT2D eigenvalue weighted by Gasteiger charge is -2.27. The van der Waals surface area contributed by atoms with E-state index in [-0.39, 0.29) is 5.69 Å². The second-order valence-corrected chi connectivity index (χ2v) is 5.22. The largest absolute Gasteiger partial charge is 0.481 e. The lowest BCUT2D eigenvalue weighted by atomic mass is 9.79. The molecule has 0 unspecified atom stereocenters. The predicted octanol–water partition coefficient (Wildman–Crippen LogP) is 0.370. The number of hydrogen-bond acceptors (Lipinski definition) is 4. The standard InChI is InChI=1S/C13H18N4O4/c1-7-6-10(15-14-7)12(19)17-16-11(18)8-4-2-3-5-9(8)13(20)21/h6,8-9H,2-5H2,1H3,(H,14,15)(H,16,18)(H,17,19)(H,20,21)/t8-,9+/m0/s1. The molecular formula is C13H18N4O4. The second kappa shape index (κ2) is 6.38. The molecule has 1 aliphatic rings. The van der Waals surface area contributed by atoms with Gasteiger partial charge in [-0.2, -0.15) is 5.10 Å². The number of carbonyl (C=O) groups excluding carboxylic acids is 2. The molecule has 1 aromatic rings. The van der Waals surface area contributed by atoms with Crippen LogP contribution >= 0.6 is 0 Å². The average molecular weight is 294 g/mol. The number of carboxylic acids is 1. The van der Waals surface area contributed by atoms with Crippen molar-refractivity contribution in [1.29, 1.82) is 0 Å². The first kappa shape index (κ1) is 15.0. The molecule has 1 fully saturated rings. The minimum Gasteiger partial charge on any atom is -0.481 e. The van der Waals surface area contributed by atoms with Crippen molar-refractivity contribution in [2.45, 2.75) is 32.6 Å². The van der Waals surface area contributed by atoms with Gasteiger partial charge in [0, 0.05) is 5.69 Å². The minimum atomic E-state index is -0.968. The van der Waals surface area contributed by atoms with E-state index in [0.717, 1.165) is 18.5 Å². The van der Waals surface area contributed by atoms with E-state index in [1.54, 1.807) is 13.0 Å². The first-order chi connectivity index (χ1) is 9.99. The summed E-state index contributed by atoms with van der Waals surface area (Å²) in [6.07, 6.45) is 2.62. The molecule has 2 atom stereocenters. The van der Waals surface area contributed by atoms with E-state index < -0.39 is 29.6 Å². The Kier molecular flexibility index (Phi) is 4.56. The zero-order valence-corrected chi connectivity index (χ0v) is 11.7. The summed E-state index contributed by atoms with van der Waals surface area (Å²) in [4.78, 5) is 34.9. The van der Waals surface area contributed by atoms with Crippen molar-refractivity contribution in [3.8, 4) is 0 Å². The van der Waals surface area contributed by atoms with Crippen LogP contribution in [0, 0.1) is 18.8 Å². The number of rotatable bonds is 3. The minimum absolute atomic E-state index is 0.159. The van der Waals surface area contributed by atoms with E-state index in [1.165, 1.54) is 0 Å². The van der Waals surface area contributed by atoms with Gasteiger partial charge in [-0.3, -0.25) is 30.3 Å². The maximum absolute atomic E-state index is 12.0. The zero-order valence-electron chi connectivity index (χ0n) is 11.7. The van der Waals surface area contributed by atoms with Gasteiger partial charge in [0.1, 0.15) is 0 Å². The summed E-state index contributed by atoms with van der Waals surface area (Å²) in [7, 11) is 0. The summed E-state index contributed by atoms with van der Waals surface area (Å²) in [6.45, 7) is 1.75. The topological polar surface area (TPSA) is 124 Å². The average Bonchev–Trinajstić information content (AvgIpc) is 2.91. The number of carbonyl (C=O) groups is 3. The van der Waals surface area contributed by atoms with Gasteiger partial charge in [0.05, 0.1) is 11.8 Å². The number of hydrazine groups is 1. The molecule has 0 bridgehead atoms. The summed E-state index contributed by atoms with van der Waals surface area (Å²) < 4.78 is 0. The number of nitrogens with zero attached hydrogens (tertiary/aromatic N) is 1. The van der Waals surface area contributed by atoms with Crippen molar-refractivity contribution < 1.29 is 19.5 Å². The molecular weight excluding hydrogens is 276 g/mol. The predicted molar refractivity (Wildman–Crippen MR) is 72.0 cm³/mol. The highest BCUT2D eigenvalue weighted by Crippen LogP contribution is 2.30. The number of carboxylic acid groups (broad SMARTS) is 1. The Morgan fingerprint density at radius 2 is 1.90 bits per heavy atom. The first-order valence-corrected chi connectivity index (χ1v) is 6.84. The highest BCUT2D eigenvalue weighted by Gasteiger charge is 2.35. The fourth-order valence-electron chi connectivity index (χ4n) is 2.55. The normalized spacial score (nSPS) is 21.6. The third-order valence-corrected chi connectivity index (χ3v) is 3.66. The maximum Gasteiger partial charge on any atom is 0.307 e. The number of aliphatic carboxylic acids is 1. The van der Waals surface area contributed by atoms with Crippen molar-refractivity contribution in [2.75, 3.05) is 0 Å². The van der Waals surface area contributed by atoms with Gasteiger partial charge >= 0.3 is 5.97 Å². The summed E-state index contributed by atoms with van der Waals surface area (Å²) in [5, 5.41) is 15.5. The van der Waals surface area contributed by atoms with Gasteiger partial charge in [-0.05, 0) is 25.8 Å². The van der Waals surface area contributed by atoms with E-state index >= 15 is 0 Å². The Hall–Kier alpha value is -2.38. The Balaban J connectivity index is 1.91. The lowest BCUT2D eigenvalue weighted by molar-refractivity contribution is -0.149. The molecule has 8 nitrogen and oxygen atoms in total. The number of H-pyrrole nitrogens is 1. The fraction of sp³-hybridized carbons (Fsp3) is 0.538. The van der Waals surface area contributed by atoms with Crippen LogP contribution in [0.5, 0.6) is 0 Å². The van der Waals surface area contributed by atoms with Crippen LogP contribution in [-0.4, -0.2) is 33.1 Å². The Bertz CT molecular complexity index is 554. The van der Waals surface area contributed by atoms with Crippen molar-refractivity contribution in [2.24, 2.45) is 11.8 Å². The van der Waals surface area contributed by atoms with Crippen molar-refractivity contribution in [3.63, 3.8) is 0 Å². The molecule has 114 valence electrons. The Morgan fingerprint density at radius 3 is 2.48 bits per heavy atom. The number of nitrogens with one attached hydrogen (secondary N) is 3. The van der Waals surface area contributed by atoms with Crippen LogP contribution in [0.25, 0.3) is 0 Å². The molecule has 1 aliphatic carbocycles. The molecule has 0 radical (unpaired) electrons. The number of hydrogen-bond donors (Lipinski definition) is 4. The Morgan fingerprint density at radius 1 is 1.24 bits per heavy atom. The fourth-order valence-corrected chi connectivity index (χ4v) is 2.55. The zero-order chi connectivity index (χ0) is 15.4. The van der Waals surface area contributed by atoms with E-state index in [0.29, 0.717) is 12.8 Å². The molecule has 0 aromatic carbocycles. The second-order valence-electron chi connectivity index (χ2n) is 5.22. The van der Waals surface area contributed by atoms with E-state index in [1.807, 2.05) is 0 Å². The van der Waals surface area contributed by atoms with Crippen LogP contribution < -0.4 is 10.9 Å². The molecule has 2 rings (SSSR count). The molecule has 0 spiro atoms. The van der Waals surface area contributed by atoms with E-state index in [2.05, 4.69) is 21.0 Å². The van der Waals surface area contributed by atoms with Crippen LogP contribution in [0.1, 0.15) is 41.9 Å². The van der Waals surface area contributed by atoms with Crippen LogP contribution in [0.4, 0.5) is 0 Å². The molecule has 0 aliphatic heterocycles. The van der Waals surface area contributed by atoms with Gasteiger partial charge in [0.15, 0.2) is 5.69 Å². The summed E-state index contributed by atoms with van der Waals surface area (Å²) in [6, 6.07) is 1.54. The van der Waals surface area contributed by atoms with E-state index in [4.69, 9.17) is 5.11 Å². The summed E-state index contributed by atoms with van der Waals surface area (Å²) in [5.74, 6) is -3.29. The van der Waals surface area contributed by atoms with Gasteiger partial charge in [-0.25, -0.2) is 0 Å². The quantitative estimate of drug-likeness (QED) is 0.599. The summed E-state index contributed by atoms with van der Waals surface area (Å²) >= 11 is 0. The SMILES string of the molecule is Cc1cc(C(=O)NNC(=O)[C@H]2CCCC[C@H]2C(=O)O)n[nH]1. The number of aromatic nitrogens is 2. The highest BCUT2D eigenvalue weighted by atomic mass is 16.4. The maximum atomic E-state index is 12.0. The third kappa shape index (κ3) is 3.59. The third-order valence-electron chi connectivity index (χ3n) is 3.66. The monoisotopic (exact) mass is 294 g/mol. The van der Waals surface area contributed by atoms with Gasteiger partial charge in [-0.15, -0.1) is 0 Å². The van der Waals surface area contributed by atoms with Crippen LogP contribution in [0.3, 0.4) is 0 Å². The molecule has 0 saturated heterocycles. The van der Waals surface area contributed by atoms with Gasteiger partial charge in [0.2, 0.25) is 5.91 Å². The molecule has 2 amide bonds. The van der Waals surface area contributed by atoms with Crippen LogP contribution in [0.2, 0.25) is 0 Å². The smallest absolute Gasteiger partial charge is 0.307 e. The summed E-state index contributed by atoms with van der Waals surface area (Å²) in [5.41, 5.74) is 5.43. The van der Waals surface area contributed by atoms with Crippen molar-refractivity contribution in [1.82, 2.24) is 21.0 Å². The molecule has 1 saturated carbocycles. The molecule has 1 aromatic heterocycles. The molecule has 21 heavy (non-hydrogen) atoms. The molecule has 4 N–H and O–H groups in total. The number of aromatic amines is 1. The van der Waals surface area contributed by atoms with Crippen LogP contribution in [0.15, 0.2) is 6.07 Å². The van der Waals surface area contributed by atoms with Gasteiger partial charge in [0.25, 0.3) is 5.91 Å². The molecule has 8 heteroatoms.